The monoisotopic (exact) mass is 272 g/mol. The Hall–Kier alpha value is -1.38. The molecule has 1 N–H and O–H groups in total. The first kappa shape index (κ1) is 12.6. The lowest BCUT2D eigenvalue weighted by Gasteiger charge is -2.19. The van der Waals surface area contributed by atoms with Crippen molar-refractivity contribution >= 4 is 11.6 Å². The molecule has 0 bridgehead atoms. The van der Waals surface area contributed by atoms with Gasteiger partial charge in [0, 0.05) is 29.5 Å². The maximum Gasteiger partial charge on any atom is 0.0408 e. The molecule has 2 atom stereocenters. The van der Waals surface area contributed by atoms with Crippen molar-refractivity contribution in [2.75, 3.05) is 0 Å². The van der Waals surface area contributed by atoms with E-state index in [1.54, 1.807) is 0 Å². The van der Waals surface area contributed by atoms with Gasteiger partial charge < -0.3 is 5.32 Å². The highest BCUT2D eigenvalue weighted by molar-refractivity contribution is 6.30. The van der Waals surface area contributed by atoms with E-state index < -0.39 is 0 Å². The van der Waals surface area contributed by atoms with Gasteiger partial charge in [-0.3, -0.25) is 4.98 Å². The molecule has 3 rings (SSSR count). The van der Waals surface area contributed by atoms with Gasteiger partial charge in [-0.2, -0.15) is 0 Å². The lowest BCUT2D eigenvalue weighted by atomic mass is 10.1. The lowest BCUT2D eigenvalue weighted by molar-refractivity contribution is 0.467. The van der Waals surface area contributed by atoms with E-state index in [9.17, 15) is 0 Å². The topological polar surface area (TPSA) is 24.9 Å². The molecule has 0 spiro atoms. The molecule has 1 aliphatic rings. The van der Waals surface area contributed by atoms with Crippen molar-refractivity contribution in [2.45, 2.75) is 31.8 Å². The molecule has 98 valence electrons. The minimum atomic E-state index is 0.345. The number of halogens is 1. The van der Waals surface area contributed by atoms with Crippen molar-refractivity contribution in [2.24, 2.45) is 0 Å². The van der Waals surface area contributed by atoms with Crippen LogP contribution < -0.4 is 5.32 Å². The highest BCUT2D eigenvalue weighted by Crippen LogP contribution is 2.26. The summed E-state index contributed by atoms with van der Waals surface area (Å²) in [4.78, 5) is 4.06. The largest absolute Gasteiger partial charge is 0.307 e. The minimum absolute atomic E-state index is 0.345. The molecule has 1 aromatic carbocycles. The van der Waals surface area contributed by atoms with Crippen molar-refractivity contribution in [3.63, 3.8) is 0 Å². The third kappa shape index (κ3) is 2.80. The Bertz CT molecular complexity index is 568. The molecule has 0 saturated heterocycles. The number of hydrogen-bond acceptors (Lipinski definition) is 2. The molecule has 0 amide bonds. The van der Waals surface area contributed by atoms with E-state index in [0.717, 1.165) is 17.9 Å². The van der Waals surface area contributed by atoms with Crippen LogP contribution in [0.3, 0.4) is 0 Å². The average Bonchev–Trinajstić information content (AvgIpc) is 2.81. The molecule has 2 nitrogen and oxygen atoms in total. The van der Waals surface area contributed by atoms with E-state index in [2.05, 4.69) is 41.5 Å². The molecule has 0 radical (unpaired) electrons. The second kappa shape index (κ2) is 5.32. The van der Waals surface area contributed by atoms with E-state index in [-0.39, 0.29) is 0 Å². The molecular formula is C16H17ClN2. The summed E-state index contributed by atoms with van der Waals surface area (Å²) in [5.41, 5.74) is 4.08. The van der Waals surface area contributed by atoms with Crippen LogP contribution in [0.1, 0.15) is 29.7 Å². The number of benzene rings is 1. The highest BCUT2D eigenvalue weighted by Gasteiger charge is 2.22. The molecule has 0 fully saturated rings. The normalized spacial score (nSPS) is 19.2. The summed E-state index contributed by atoms with van der Waals surface area (Å²) in [7, 11) is 0. The zero-order valence-corrected chi connectivity index (χ0v) is 11.7. The smallest absolute Gasteiger partial charge is 0.0408 e. The molecular weight excluding hydrogens is 256 g/mol. The number of aromatic nitrogens is 1. The predicted octanol–water partition coefficient (Wildman–Crippen LogP) is 3.55. The molecule has 0 saturated carbocycles. The van der Waals surface area contributed by atoms with Crippen LogP contribution in [0.25, 0.3) is 0 Å². The standard InChI is InChI=1S/C16H17ClN2/c1-11(12-4-6-18-7-5-12)19-16-9-13-2-3-15(17)8-14(13)10-16/h2-8,11,16,19H,9-10H2,1H3/t11-,16?/m1/s1. The third-order valence-electron chi connectivity index (χ3n) is 3.79. The maximum atomic E-state index is 6.05. The zero-order valence-electron chi connectivity index (χ0n) is 10.9. The number of nitrogens with zero attached hydrogens (tertiary/aromatic N) is 1. The van der Waals surface area contributed by atoms with Crippen LogP contribution in [0.2, 0.25) is 5.02 Å². The fourth-order valence-corrected chi connectivity index (χ4v) is 3.00. The van der Waals surface area contributed by atoms with Crippen molar-refractivity contribution in [1.82, 2.24) is 10.3 Å². The van der Waals surface area contributed by atoms with Crippen LogP contribution in [0.15, 0.2) is 42.7 Å². The summed E-state index contributed by atoms with van der Waals surface area (Å²) in [5.74, 6) is 0. The van der Waals surface area contributed by atoms with Crippen LogP contribution in [-0.4, -0.2) is 11.0 Å². The zero-order chi connectivity index (χ0) is 13.2. The Labute approximate surface area is 118 Å². The number of nitrogens with one attached hydrogen (secondary N) is 1. The molecule has 2 aromatic rings. The van der Waals surface area contributed by atoms with Gasteiger partial charge in [0.15, 0.2) is 0 Å². The van der Waals surface area contributed by atoms with Crippen molar-refractivity contribution < 1.29 is 0 Å². The summed E-state index contributed by atoms with van der Waals surface area (Å²) in [6.45, 7) is 2.20. The van der Waals surface area contributed by atoms with E-state index in [0.29, 0.717) is 12.1 Å². The van der Waals surface area contributed by atoms with Gasteiger partial charge in [-0.25, -0.2) is 0 Å². The van der Waals surface area contributed by atoms with E-state index in [4.69, 9.17) is 11.6 Å². The first-order valence-electron chi connectivity index (χ1n) is 6.65. The Morgan fingerprint density at radius 3 is 2.68 bits per heavy atom. The van der Waals surface area contributed by atoms with Gasteiger partial charge in [0.05, 0.1) is 0 Å². The number of fused-ring (bicyclic) bond motifs is 1. The Balaban J connectivity index is 1.67. The predicted molar refractivity (Wildman–Crippen MR) is 78.4 cm³/mol. The molecule has 1 aromatic heterocycles. The van der Waals surface area contributed by atoms with Gasteiger partial charge in [0.1, 0.15) is 0 Å². The third-order valence-corrected chi connectivity index (χ3v) is 4.03. The Morgan fingerprint density at radius 2 is 1.89 bits per heavy atom. The van der Waals surface area contributed by atoms with Crippen LogP contribution in [0.4, 0.5) is 0 Å². The van der Waals surface area contributed by atoms with Gasteiger partial charge >= 0.3 is 0 Å². The molecule has 1 heterocycles. The van der Waals surface area contributed by atoms with E-state index in [1.807, 2.05) is 18.5 Å². The SMILES string of the molecule is C[C@@H](NC1Cc2ccc(Cl)cc2C1)c1ccncc1. The quantitative estimate of drug-likeness (QED) is 0.924. The van der Waals surface area contributed by atoms with Gasteiger partial charge in [-0.1, -0.05) is 17.7 Å². The molecule has 1 aliphatic carbocycles. The summed E-state index contributed by atoms with van der Waals surface area (Å²) in [5, 5.41) is 4.53. The molecule has 19 heavy (non-hydrogen) atoms. The summed E-state index contributed by atoms with van der Waals surface area (Å²) >= 11 is 6.05. The average molecular weight is 273 g/mol. The highest BCUT2D eigenvalue weighted by atomic mass is 35.5. The summed E-state index contributed by atoms with van der Waals surface area (Å²) < 4.78 is 0. The van der Waals surface area contributed by atoms with Crippen LogP contribution >= 0.6 is 11.6 Å². The summed E-state index contributed by atoms with van der Waals surface area (Å²) in [6, 6.07) is 11.2. The van der Waals surface area contributed by atoms with Crippen LogP contribution in [0, 0.1) is 0 Å². The fourth-order valence-electron chi connectivity index (χ4n) is 2.81. The first-order chi connectivity index (χ1) is 9.22. The van der Waals surface area contributed by atoms with Gasteiger partial charge in [-0.05, 0) is 60.7 Å². The van der Waals surface area contributed by atoms with Crippen molar-refractivity contribution in [1.29, 1.82) is 0 Å². The molecule has 0 aliphatic heterocycles. The Kier molecular flexibility index (Phi) is 3.54. The maximum absolute atomic E-state index is 6.05. The van der Waals surface area contributed by atoms with E-state index >= 15 is 0 Å². The van der Waals surface area contributed by atoms with Crippen LogP contribution in [0.5, 0.6) is 0 Å². The first-order valence-corrected chi connectivity index (χ1v) is 7.03. The second-order valence-electron chi connectivity index (χ2n) is 5.19. The van der Waals surface area contributed by atoms with E-state index in [1.165, 1.54) is 16.7 Å². The second-order valence-corrected chi connectivity index (χ2v) is 5.62. The van der Waals surface area contributed by atoms with Gasteiger partial charge in [0.2, 0.25) is 0 Å². The van der Waals surface area contributed by atoms with Gasteiger partial charge in [0.25, 0.3) is 0 Å². The number of pyridine rings is 1. The number of hydrogen-bond donors (Lipinski definition) is 1. The number of rotatable bonds is 3. The Morgan fingerprint density at radius 1 is 1.16 bits per heavy atom. The fraction of sp³-hybridized carbons (Fsp3) is 0.312. The minimum Gasteiger partial charge on any atom is -0.307 e. The van der Waals surface area contributed by atoms with Gasteiger partial charge in [-0.15, -0.1) is 0 Å². The molecule has 1 unspecified atom stereocenters. The van der Waals surface area contributed by atoms with Crippen molar-refractivity contribution in [3.05, 3.63) is 64.4 Å². The lowest BCUT2D eigenvalue weighted by Crippen LogP contribution is -2.32. The molecule has 3 heteroatoms. The summed E-state index contributed by atoms with van der Waals surface area (Å²) in [6.07, 6.45) is 5.83. The van der Waals surface area contributed by atoms with Crippen LogP contribution in [-0.2, 0) is 12.8 Å². The van der Waals surface area contributed by atoms with Crippen molar-refractivity contribution in [3.8, 4) is 0 Å².